The monoisotopic (exact) mass is 180 g/mol. The minimum Gasteiger partial charge on any atom is -0.472 e. The first-order valence-electron chi connectivity index (χ1n) is 4.53. The van der Waals surface area contributed by atoms with Gasteiger partial charge in [0.05, 0.1) is 17.9 Å². The van der Waals surface area contributed by atoms with E-state index in [1.165, 1.54) is 12.5 Å². The first-order chi connectivity index (χ1) is 6.36. The van der Waals surface area contributed by atoms with E-state index in [9.17, 15) is 4.79 Å². The van der Waals surface area contributed by atoms with Gasteiger partial charge in [-0.3, -0.25) is 4.79 Å². The van der Waals surface area contributed by atoms with Crippen molar-refractivity contribution in [1.29, 1.82) is 0 Å². The molecule has 1 aromatic heterocycles. The average Bonchev–Trinajstić information content (AvgIpc) is 2.74. The third-order valence-electron chi connectivity index (χ3n) is 2.28. The minimum absolute atomic E-state index is 0.112. The number of ketones is 1. The SMILES string of the molecule is O=C(CC1CCCO1)c1ccoc1. The van der Waals surface area contributed by atoms with E-state index in [-0.39, 0.29) is 11.9 Å². The molecule has 70 valence electrons. The van der Waals surface area contributed by atoms with E-state index in [1.54, 1.807) is 6.07 Å². The molecule has 0 aliphatic carbocycles. The largest absolute Gasteiger partial charge is 0.472 e. The van der Waals surface area contributed by atoms with Crippen LogP contribution in [0.15, 0.2) is 23.0 Å². The number of ether oxygens (including phenoxy) is 1. The maximum atomic E-state index is 11.5. The van der Waals surface area contributed by atoms with E-state index >= 15 is 0 Å². The topological polar surface area (TPSA) is 39.4 Å². The van der Waals surface area contributed by atoms with Gasteiger partial charge in [-0.2, -0.15) is 0 Å². The number of hydrogen-bond acceptors (Lipinski definition) is 3. The summed E-state index contributed by atoms with van der Waals surface area (Å²) in [5.74, 6) is 0.112. The van der Waals surface area contributed by atoms with Crippen molar-refractivity contribution in [2.24, 2.45) is 0 Å². The normalized spacial score (nSPS) is 22.0. The number of hydrogen-bond donors (Lipinski definition) is 0. The summed E-state index contributed by atoms with van der Waals surface area (Å²) >= 11 is 0. The Kier molecular flexibility index (Phi) is 2.45. The lowest BCUT2D eigenvalue weighted by molar-refractivity contribution is 0.0775. The summed E-state index contributed by atoms with van der Waals surface area (Å²) in [4.78, 5) is 11.5. The Hall–Kier alpha value is -1.09. The van der Waals surface area contributed by atoms with Crippen molar-refractivity contribution < 1.29 is 13.9 Å². The summed E-state index contributed by atoms with van der Waals surface area (Å²) < 4.78 is 10.2. The van der Waals surface area contributed by atoms with Crippen molar-refractivity contribution in [3.8, 4) is 0 Å². The van der Waals surface area contributed by atoms with E-state index in [0.717, 1.165) is 19.4 Å². The van der Waals surface area contributed by atoms with Crippen LogP contribution in [0.25, 0.3) is 0 Å². The van der Waals surface area contributed by atoms with Gasteiger partial charge in [-0.15, -0.1) is 0 Å². The number of carbonyl (C=O) groups is 1. The lowest BCUT2D eigenvalue weighted by Gasteiger charge is -2.05. The van der Waals surface area contributed by atoms with Crippen molar-refractivity contribution in [3.05, 3.63) is 24.2 Å². The van der Waals surface area contributed by atoms with Crippen LogP contribution in [-0.2, 0) is 4.74 Å². The molecule has 2 heterocycles. The summed E-state index contributed by atoms with van der Waals surface area (Å²) in [5, 5.41) is 0. The van der Waals surface area contributed by atoms with E-state index in [2.05, 4.69) is 0 Å². The minimum atomic E-state index is 0.112. The number of Topliss-reactive ketones (excluding diaryl/α,β-unsaturated/α-hetero) is 1. The summed E-state index contributed by atoms with van der Waals surface area (Å²) in [5.41, 5.74) is 0.649. The van der Waals surface area contributed by atoms with Crippen LogP contribution in [0.2, 0.25) is 0 Å². The van der Waals surface area contributed by atoms with Crippen molar-refractivity contribution in [1.82, 2.24) is 0 Å². The molecule has 1 unspecified atom stereocenters. The van der Waals surface area contributed by atoms with Crippen LogP contribution in [0.4, 0.5) is 0 Å². The van der Waals surface area contributed by atoms with Crippen LogP contribution in [0.5, 0.6) is 0 Å². The Labute approximate surface area is 76.7 Å². The van der Waals surface area contributed by atoms with Gasteiger partial charge in [-0.1, -0.05) is 0 Å². The molecule has 0 saturated carbocycles. The molecule has 0 bridgehead atoms. The Bertz CT molecular complexity index is 270. The molecule has 3 nitrogen and oxygen atoms in total. The maximum Gasteiger partial charge on any atom is 0.168 e. The molecular formula is C10H12O3. The molecule has 2 rings (SSSR count). The van der Waals surface area contributed by atoms with Gasteiger partial charge in [-0.25, -0.2) is 0 Å². The number of carbonyl (C=O) groups excluding carboxylic acids is 1. The van der Waals surface area contributed by atoms with Crippen molar-refractivity contribution in [2.75, 3.05) is 6.61 Å². The molecule has 1 aliphatic rings. The second-order valence-electron chi connectivity index (χ2n) is 3.27. The van der Waals surface area contributed by atoms with Crippen molar-refractivity contribution >= 4 is 5.78 Å². The van der Waals surface area contributed by atoms with Crippen LogP contribution in [0.1, 0.15) is 29.6 Å². The molecule has 0 aromatic carbocycles. The van der Waals surface area contributed by atoms with Gasteiger partial charge in [0.15, 0.2) is 5.78 Å². The van der Waals surface area contributed by atoms with E-state index in [0.29, 0.717) is 12.0 Å². The Morgan fingerprint density at radius 3 is 3.15 bits per heavy atom. The Morgan fingerprint density at radius 2 is 2.54 bits per heavy atom. The van der Waals surface area contributed by atoms with E-state index in [1.807, 2.05) is 0 Å². The molecule has 1 aromatic rings. The van der Waals surface area contributed by atoms with Crippen LogP contribution in [0.3, 0.4) is 0 Å². The van der Waals surface area contributed by atoms with Gasteiger partial charge in [0.25, 0.3) is 0 Å². The van der Waals surface area contributed by atoms with Gasteiger partial charge in [0, 0.05) is 13.0 Å². The van der Waals surface area contributed by atoms with E-state index < -0.39 is 0 Å². The summed E-state index contributed by atoms with van der Waals surface area (Å²) in [6, 6.07) is 1.69. The maximum absolute atomic E-state index is 11.5. The highest BCUT2D eigenvalue weighted by molar-refractivity contribution is 5.95. The van der Waals surface area contributed by atoms with Crippen molar-refractivity contribution in [2.45, 2.75) is 25.4 Å². The first kappa shape index (κ1) is 8.51. The van der Waals surface area contributed by atoms with Gasteiger partial charge in [0.1, 0.15) is 6.26 Å². The lowest BCUT2D eigenvalue weighted by atomic mass is 10.1. The highest BCUT2D eigenvalue weighted by Crippen LogP contribution is 2.17. The van der Waals surface area contributed by atoms with Gasteiger partial charge >= 0.3 is 0 Å². The fraction of sp³-hybridized carbons (Fsp3) is 0.500. The fourth-order valence-electron chi connectivity index (χ4n) is 1.55. The number of rotatable bonds is 3. The Balaban J connectivity index is 1.91. The number of furan rings is 1. The predicted octanol–water partition coefficient (Wildman–Crippen LogP) is 2.03. The summed E-state index contributed by atoms with van der Waals surface area (Å²) in [6.07, 6.45) is 5.69. The quantitative estimate of drug-likeness (QED) is 0.668. The van der Waals surface area contributed by atoms with Crippen LogP contribution in [-0.4, -0.2) is 18.5 Å². The zero-order valence-electron chi connectivity index (χ0n) is 7.36. The zero-order chi connectivity index (χ0) is 9.10. The summed E-state index contributed by atoms with van der Waals surface area (Å²) in [6.45, 7) is 0.795. The predicted molar refractivity (Wildman–Crippen MR) is 46.6 cm³/mol. The van der Waals surface area contributed by atoms with E-state index in [4.69, 9.17) is 9.15 Å². The highest BCUT2D eigenvalue weighted by atomic mass is 16.5. The second-order valence-corrected chi connectivity index (χ2v) is 3.27. The van der Waals surface area contributed by atoms with Gasteiger partial charge in [-0.05, 0) is 18.9 Å². The molecular weight excluding hydrogens is 168 g/mol. The fourth-order valence-corrected chi connectivity index (χ4v) is 1.55. The summed E-state index contributed by atoms with van der Waals surface area (Å²) in [7, 11) is 0. The third kappa shape index (κ3) is 1.98. The van der Waals surface area contributed by atoms with Crippen LogP contribution < -0.4 is 0 Å². The first-order valence-corrected chi connectivity index (χ1v) is 4.53. The highest BCUT2D eigenvalue weighted by Gasteiger charge is 2.20. The molecule has 1 fully saturated rings. The Morgan fingerprint density at radius 1 is 1.62 bits per heavy atom. The molecule has 3 heteroatoms. The lowest BCUT2D eigenvalue weighted by Crippen LogP contribution is -2.11. The standard InChI is InChI=1S/C10H12O3/c11-10(8-3-5-12-7-8)6-9-2-1-4-13-9/h3,5,7,9H,1-2,4,6H2. The molecule has 0 N–H and O–H groups in total. The second kappa shape index (κ2) is 3.75. The molecule has 1 atom stereocenters. The zero-order valence-corrected chi connectivity index (χ0v) is 7.36. The van der Waals surface area contributed by atoms with Gasteiger partial charge in [0.2, 0.25) is 0 Å². The molecule has 0 radical (unpaired) electrons. The van der Waals surface area contributed by atoms with Crippen molar-refractivity contribution in [3.63, 3.8) is 0 Å². The average molecular weight is 180 g/mol. The molecule has 0 amide bonds. The molecule has 1 aliphatic heterocycles. The molecule has 13 heavy (non-hydrogen) atoms. The van der Waals surface area contributed by atoms with Crippen LogP contribution >= 0.6 is 0 Å². The smallest absolute Gasteiger partial charge is 0.168 e. The third-order valence-corrected chi connectivity index (χ3v) is 2.28. The van der Waals surface area contributed by atoms with Crippen LogP contribution in [0, 0.1) is 0 Å². The molecule has 1 saturated heterocycles. The van der Waals surface area contributed by atoms with Gasteiger partial charge < -0.3 is 9.15 Å². The molecule has 0 spiro atoms.